The van der Waals surface area contributed by atoms with Crippen LogP contribution >= 0.6 is 0 Å². The average molecular weight is 274 g/mol. The molecule has 1 aromatic carbocycles. The highest BCUT2D eigenvalue weighted by atomic mass is 14.7. The Bertz CT molecular complexity index is 699. The molecule has 0 bridgehead atoms. The number of pyridine rings is 2. The molecule has 0 radical (unpaired) electrons. The summed E-state index contributed by atoms with van der Waals surface area (Å²) in [5, 5.41) is 0. The van der Waals surface area contributed by atoms with Crippen molar-refractivity contribution in [1.82, 2.24) is 9.97 Å². The van der Waals surface area contributed by atoms with Gasteiger partial charge in [0.2, 0.25) is 0 Å². The molecule has 104 valence electrons. The van der Waals surface area contributed by atoms with Gasteiger partial charge in [-0.1, -0.05) is 18.2 Å². The van der Waals surface area contributed by atoms with Crippen LogP contribution in [0.2, 0.25) is 0 Å². The molecular formula is C19H18N2. The Morgan fingerprint density at radius 3 is 1.52 bits per heavy atom. The number of hydrogen-bond donors (Lipinski definition) is 0. The maximum atomic E-state index is 4.51. The van der Waals surface area contributed by atoms with Gasteiger partial charge in [-0.2, -0.15) is 0 Å². The number of aryl methyl sites for hydroxylation is 2. The molecule has 0 fully saturated rings. The van der Waals surface area contributed by atoms with E-state index in [-0.39, 0.29) is 0 Å². The maximum absolute atomic E-state index is 4.51. The lowest BCUT2D eigenvalue weighted by Gasteiger charge is -2.16. The minimum Gasteiger partial charge on any atom is -0.256 e. The van der Waals surface area contributed by atoms with Gasteiger partial charge in [-0.25, -0.2) is 0 Å². The van der Waals surface area contributed by atoms with Crippen molar-refractivity contribution < 1.29 is 0 Å². The van der Waals surface area contributed by atoms with Crippen molar-refractivity contribution in [2.45, 2.75) is 20.8 Å². The second kappa shape index (κ2) is 5.49. The number of aromatic nitrogens is 2. The second-order valence-electron chi connectivity index (χ2n) is 5.32. The molecule has 21 heavy (non-hydrogen) atoms. The van der Waals surface area contributed by atoms with Gasteiger partial charge in [0, 0.05) is 23.5 Å². The van der Waals surface area contributed by atoms with E-state index < -0.39 is 0 Å². The van der Waals surface area contributed by atoms with Crippen molar-refractivity contribution >= 4 is 0 Å². The first kappa shape index (κ1) is 13.5. The third kappa shape index (κ3) is 2.45. The topological polar surface area (TPSA) is 25.8 Å². The Balaban J connectivity index is 2.29. The quantitative estimate of drug-likeness (QED) is 0.674. The summed E-state index contributed by atoms with van der Waals surface area (Å²) >= 11 is 0. The van der Waals surface area contributed by atoms with Crippen LogP contribution in [0.1, 0.15) is 16.7 Å². The van der Waals surface area contributed by atoms with Crippen LogP contribution in [-0.2, 0) is 0 Å². The van der Waals surface area contributed by atoms with Crippen LogP contribution in [0.4, 0.5) is 0 Å². The molecular weight excluding hydrogens is 256 g/mol. The lowest BCUT2D eigenvalue weighted by atomic mass is 9.90. The molecule has 2 aromatic heterocycles. The Kier molecular flexibility index (Phi) is 3.53. The Hall–Kier alpha value is -2.48. The minimum absolute atomic E-state index is 1.02. The van der Waals surface area contributed by atoms with Crippen LogP contribution in [0, 0.1) is 20.8 Å². The lowest BCUT2D eigenvalue weighted by molar-refractivity contribution is 1.24. The van der Waals surface area contributed by atoms with E-state index in [1.54, 1.807) is 0 Å². The molecule has 2 heteroatoms. The summed E-state index contributed by atoms with van der Waals surface area (Å²) in [5.41, 5.74) is 8.20. The van der Waals surface area contributed by atoms with Crippen molar-refractivity contribution in [3.8, 4) is 22.5 Å². The largest absolute Gasteiger partial charge is 0.256 e. The number of nitrogens with zero attached hydrogens (tertiary/aromatic N) is 2. The zero-order valence-corrected chi connectivity index (χ0v) is 12.6. The van der Waals surface area contributed by atoms with E-state index >= 15 is 0 Å². The normalized spacial score (nSPS) is 10.6. The van der Waals surface area contributed by atoms with Crippen LogP contribution in [0.5, 0.6) is 0 Å². The summed E-state index contributed by atoms with van der Waals surface area (Å²) in [6.45, 7) is 6.45. The highest BCUT2D eigenvalue weighted by Gasteiger charge is 2.15. The zero-order valence-electron chi connectivity index (χ0n) is 12.6. The Morgan fingerprint density at radius 2 is 1.14 bits per heavy atom. The monoisotopic (exact) mass is 274 g/mol. The molecule has 3 rings (SSSR count). The predicted octanol–water partition coefficient (Wildman–Crippen LogP) is 4.74. The highest BCUT2D eigenvalue weighted by molar-refractivity contribution is 5.79. The molecule has 2 heterocycles. The van der Waals surface area contributed by atoms with E-state index in [9.17, 15) is 0 Å². The van der Waals surface area contributed by atoms with Gasteiger partial charge in [0.15, 0.2) is 0 Å². The van der Waals surface area contributed by atoms with Crippen LogP contribution in [-0.4, -0.2) is 9.97 Å². The fourth-order valence-electron chi connectivity index (χ4n) is 3.00. The van der Waals surface area contributed by atoms with Gasteiger partial charge in [-0.3, -0.25) is 9.97 Å². The summed E-state index contributed by atoms with van der Waals surface area (Å²) in [6, 6.07) is 14.3. The van der Waals surface area contributed by atoms with E-state index in [4.69, 9.17) is 0 Å². The van der Waals surface area contributed by atoms with Gasteiger partial charge >= 0.3 is 0 Å². The maximum Gasteiger partial charge on any atom is 0.0707 e. The molecule has 0 unspecified atom stereocenters. The first-order valence-electron chi connectivity index (χ1n) is 7.12. The fraction of sp³-hybridized carbons (Fsp3) is 0.158. The summed E-state index contributed by atoms with van der Waals surface area (Å²) in [4.78, 5) is 9.03. The zero-order chi connectivity index (χ0) is 14.8. The van der Waals surface area contributed by atoms with Gasteiger partial charge in [-0.15, -0.1) is 0 Å². The van der Waals surface area contributed by atoms with E-state index in [1.807, 2.05) is 36.7 Å². The SMILES string of the molecule is Cc1cc(C)c(-c2ccccn2)c(C)c1-c1ccccn1. The number of benzene rings is 1. The minimum atomic E-state index is 1.02. The van der Waals surface area contributed by atoms with Crippen molar-refractivity contribution in [2.24, 2.45) is 0 Å². The van der Waals surface area contributed by atoms with Gasteiger partial charge in [0.05, 0.1) is 11.4 Å². The van der Waals surface area contributed by atoms with Crippen LogP contribution in [0.25, 0.3) is 22.5 Å². The molecule has 0 aliphatic heterocycles. The summed E-state index contributed by atoms with van der Waals surface area (Å²) in [5.74, 6) is 0. The molecule has 0 aliphatic rings. The van der Waals surface area contributed by atoms with Crippen molar-refractivity contribution in [3.05, 3.63) is 71.5 Å². The summed E-state index contributed by atoms with van der Waals surface area (Å²) in [6.07, 6.45) is 3.68. The standard InChI is InChI=1S/C19H18N2/c1-13-12-14(2)19(17-9-5-7-11-21-17)15(3)18(13)16-8-4-6-10-20-16/h4-12H,1-3H3. The van der Waals surface area contributed by atoms with Crippen molar-refractivity contribution in [2.75, 3.05) is 0 Å². The molecule has 0 N–H and O–H groups in total. The first-order valence-corrected chi connectivity index (χ1v) is 7.12. The highest BCUT2D eigenvalue weighted by Crippen LogP contribution is 2.35. The van der Waals surface area contributed by atoms with E-state index in [0.29, 0.717) is 0 Å². The molecule has 0 saturated carbocycles. The third-order valence-electron chi connectivity index (χ3n) is 3.81. The Labute approximate surface area is 125 Å². The molecule has 0 aliphatic carbocycles. The third-order valence-corrected chi connectivity index (χ3v) is 3.81. The molecule has 0 atom stereocenters. The van der Waals surface area contributed by atoms with E-state index in [1.165, 1.54) is 27.8 Å². The molecule has 0 amide bonds. The van der Waals surface area contributed by atoms with Gasteiger partial charge in [0.25, 0.3) is 0 Å². The molecule has 0 saturated heterocycles. The summed E-state index contributed by atoms with van der Waals surface area (Å²) < 4.78 is 0. The smallest absolute Gasteiger partial charge is 0.0707 e. The van der Waals surface area contributed by atoms with Gasteiger partial charge < -0.3 is 0 Å². The molecule has 0 spiro atoms. The average Bonchev–Trinajstić information content (AvgIpc) is 2.49. The van der Waals surface area contributed by atoms with E-state index in [0.717, 1.165) is 11.4 Å². The van der Waals surface area contributed by atoms with Gasteiger partial charge in [-0.05, 0) is 61.7 Å². The predicted molar refractivity (Wildman–Crippen MR) is 87.1 cm³/mol. The second-order valence-corrected chi connectivity index (χ2v) is 5.32. The van der Waals surface area contributed by atoms with Crippen molar-refractivity contribution in [3.63, 3.8) is 0 Å². The first-order chi connectivity index (χ1) is 10.2. The Morgan fingerprint density at radius 1 is 0.667 bits per heavy atom. The molecule has 2 nitrogen and oxygen atoms in total. The molecule has 3 aromatic rings. The fourth-order valence-corrected chi connectivity index (χ4v) is 3.00. The van der Waals surface area contributed by atoms with Crippen LogP contribution < -0.4 is 0 Å². The number of hydrogen-bond acceptors (Lipinski definition) is 2. The van der Waals surface area contributed by atoms with Crippen LogP contribution in [0.3, 0.4) is 0 Å². The van der Waals surface area contributed by atoms with Crippen LogP contribution in [0.15, 0.2) is 54.9 Å². The van der Waals surface area contributed by atoms with Gasteiger partial charge in [0.1, 0.15) is 0 Å². The summed E-state index contributed by atoms with van der Waals surface area (Å²) in [7, 11) is 0. The van der Waals surface area contributed by atoms with E-state index in [2.05, 4.69) is 48.9 Å². The van der Waals surface area contributed by atoms with Crippen molar-refractivity contribution in [1.29, 1.82) is 0 Å². The number of rotatable bonds is 2. The lowest BCUT2D eigenvalue weighted by Crippen LogP contribution is -1.98.